The minimum absolute atomic E-state index is 0.425. The molecule has 1 aliphatic heterocycles. The zero-order chi connectivity index (χ0) is 17.8. The third-order valence-electron chi connectivity index (χ3n) is 5.47. The standard InChI is InChI=1S/C22H26NOPS/c26-25(19-9-3-1-4-10-19,20-11-5-2-6-12-20)22-14-8-7-13-21(22)23-15-17-24-18-16-23/h1-6,9-13,22H,7-8,14-18H2. The molecule has 4 rings (SSSR count). The number of hydrogen-bond acceptors (Lipinski definition) is 3. The Morgan fingerprint density at radius 2 is 1.46 bits per heavy atom. The number of rotatable bonds is 4. The van der Waals surface area contributed by atoms with Crippen LogP contribution in [-0.2, 0) is 16.5 Å². The van der Waals surface area contributed by atoms with Crippen LogP contribution < -0.4 is 10.6 Å². The Morgan fingerprint density at radius 1 is 0.885 bits per heavy atom. The summed E-state index contributed by atoms with van der Waals surface area (Å²) < 4.78 is 5.59. The van der Waals surface area contributed by atoms with E-state index in [9.17, 15) is 0 Å². The van der Waals surface area contributed by atoms with Crippen molar-refractivity contribution >= 4 is 28.5 Å². The fraction of sp³-hybridized carbons (Fsp3) is 0.364. The van der Waals surface area contributed by atoms with Crippen LogP contribution in [0.25, 0.3) is 0 Å². The molecule has 1 aliphatic carbocycles. The molecule has 0 N–H and O–H groups in total. The van der Waals surface area contributed by atoms with Crippen molar-refractivity contribution in [1.29, 1.82) is 0 Å². The van der Waals surface area contributed by atoms with Crippen molar-refractivity contribution in [2.24, 2.45) is 0 Å². The lowest BCUT2D eigenvalue weighted by Crippen LogP contribution is -2.42. The molecule has 2 aliphatic rings. The van der Waals surface area contributed by atoms with Crippen molar-refractivity contribution in [1.82, 2.24) is 4.90 Å². The summed E-state index contributed by atoms with van der Waals surface area (Å²) in [6.07, 6.45) is 6.05. The molecule has 1 atom stereocenters. The average molecular weight is 383 g/mol. The fourth-order valence-corrected chi connectivity index (χ4v) is 8.99. The van der Waals surface area contributed by atoms with Crippen LogP contribution in [0.5, 0.6) is 0 Å². The van der Waals surface area contributed by atoms with E-state index in [0.29, 0.717) is 5.66 Å². The molecule has 2 aromatic carbocycles. The van der Waals surface area contributed by atoms with Gasteiger partial charge in [0.1, 0.15) is 0 Å². The summed E-state index contributed by atoms with van der Waals surface area (Å²) in [6.45, 7) is 3.62. The van der Waals surface area contributed by atoms with Gasteiger partial charge in [0.05, 0.1) is 13.2 Å². The molecule has 0 spiro atoms. The van der Waals surface area contributed by atoms with Crippen LogP contribution in [0, 0.1) is 0 Å². The molecule has 0 aromatic heterocycles. The first kappa shape index (κ1) is 18.0. The Bertz CT molecular complexity index is 756. The number of nitrogens with zero attached hydrogens (tertiary/aromatic N) is 1. The summed E-state index contributed by atoms with van der Waals surface area (Å²) in [6, 6.07) is 19.8. The monoisotopic (exact) mass is 383 g/mol. The molecule has 1 unspecified atom stereocenters. The van der Waals surface area contributed by atoms with Crippen molar-refractivity contribution < 1.29 is 4.74 Å². The van der Waals surface area contributed by atoms with Gasteiger partial charge in [-0.2, -0.15) is 0 Å². The van der Waals surface area contributed by atoms with Crippen LogP contribution in [0.3, 0.4) is 0 Å². The van der Waals surface area contributed by atoms with Crippen molar-refractivity contribution in [3.63, 3.8) is 0 Å². The third-order valence-corrected chi connectivity index (χ3v) is 11.0. The number of ether oxygens (including phenoxy) is 1. The largest absolute Gasteiger partial charge is 0.378 e. The first-order chi connectivity index (χ1) is 12.8. The van der Waals surface area contributed by atoms with E-state index in [1.54, 1.807) is 0 Å². The van der Waals surface area contributed by atoms with Gasteiger partial charge < -0.3 is 9.64 Å². The molecular formula is C22H26NOPS. The van der Waals surface area contributed by atoms with E-state index in [0.717, 1.165) is 26.3 Å². The van der Waals surface area contributed by atoms with E-state index in [2.05, 4.69) is 71.6 Å². The van der Waals surface area contributed by atoms with Crippen molar-refractivity contribution in [2.45, 2.75) is 24.9 Å². The molecule has 136 valence electrons. The molecule has 2 aromatic rings. The number of benzene rings is 2. The van der Waals surface area contributed by atoms with Gasteiger partial charge in [-0.05, 0) is 29.9 Å². The van der Waals surface area contributed by atoms with E-state index in [1.807, 2.05) is 0 Å². The summed E-state index contributed by atoms with van der Waals surface area (Å²) in [4.78, 5) is 2.54. The lowest BCUT2D eigenvalue weighted by molar-refractivity contribution is 0.0516. The Labute approximate surface area is 161 Å². The Hall–Kier alpha value is -1.41. The highest BCUT2D eigenvalue weighted by molar-refractivity contribution is 8.22. The van der Waals surface area contributed by atoms with Gasteiger partial charge in [0.25, 0.3) is 0 Å². The van der Waals surface area contributed by atoms with Crippen molar-refractivity contribution in [3.8, 4) is 0 Å². The molecular weight excluding hydrogens is 357 g/mol. The van der Waals surface area contributed by atoms with Gasteiger partial charge in [0, 0.05) is 30.5 Å². The predicted octanol–water partition coefficient (Wildman–Crippen LogP) is 3.89. The van der Waals surface area contributed by atoms with Gasteiger partial charge in [-0.1, -0.05) is 78.5 Å². The van der Waals surface area contributed by atoms with E-state index < -0.39 is 6.04 Å². The van der Waals surface area contributed by atoms with Gasteiger partial charge in [-0.3, -0.25) is 0 Å². The van der Waals surface area contributed by atoms with Crippen LogP contribution in [-0.4, -0.2) is 36.9 Å². The number of hydrogen-bond donors (Lipinski definition) is 0. The molecule has 1 saturated heterocycles. The molecule has 0 radical (unpaired) electrons. The van der Waals surface area contributed by atoms with Crippen LogP contribution in [0.1, 0.15) is 19.3 Å². The summed E-state index contributed by atoms with van der Waals surface area (Å²) >= 11 is 6.61. The molecule has 0 saturated carbocycles. The second kappa shape index (κ2) is 8.08. The fourth-order valence-electron chi connectivity index (χ4n) is 4.18. The van der Waals surface area contributed by atoms with Crippen molar-refractivity contribution in [2.75, 3.05) is 26.3 Å². The summed E-state index contributed by atoms with van der Waals surface area (Å²) in [5.74, 6) is 0. The zero-order valence-corrected chi connectivity index (χ0v) is 16.8. The highest BCUT2D eigenvalue weighted by Gasteiger charge is 2.37. The van der Waals surface area contributed by atoms with Crippen LogP contribution in [0.15, 0.2) is 72.4 Å². The van der Waals surface area contributed by atoms with Gasteiger partial charge in [-0.15, -0.1) is 0 Å². The van der Waals surface area contributed by atoms with Gasteiger partial charge in [0.2, 0.25) is 0 Å². The topological polar surface area (TPSA) is 12.5 Å². The van der Waals surface area contributed by atoms with Crippen LogP contribution >= 0.6 is 6.04 Å². The second-order valence-electron chi connectivity index (χ2n) is 7.00. The van der Waals surface area contributed by atoms with E-state index >= 15 is 0 Å². The molecule has 1 fully saturated rings. The van der Waals surface area contributed by atoms with E-state index in [1.165, 1.54) is 35.6 Å². The molecule has 0 amide bonds. The average Bonchev–Trinajstić information content (AvgIpc) is 2.75. The highest BCUT2D eigenvalue weighted by atomic mass is 32.4. The molecule has 1 heterocycles. The number of allylic oxidation sites excluding steroid dienone is 2. The Kier molecular flexibility index (Phi) is 5.59. The smallest absolute Gasteiger partial charge is 0.0642 e. The van der Waals surface area contributed by atoms with Gasteiger partial charge in [0.15, 0.2) is 0 Å². The first-order valence-electron chi connectivity index (χ1n) is 9.54. The van der Waals surface area contributed by atoms with Crippen LogP contribution in [0.2, 0.25) is 0 Å². The third kappa shape index (κ3) is 3.41. The Balaban J connectivity index is 1.82. The van der Waals surface area contributed by atoms with Gasteiger partial charge in [-0.25, -0.2) is 0 Å². The highest BCUT2D eigenvalue weighted by Crippen LogP contribution is 2.55. The lowest BCUT2D eigenvalue weighted by atomic mass is 10.0. The maximum Gasteiger partial charge on any atom is 0.0642 e. The predicted molar refractivity (Wildman–Crippen MR) is 115 cm³/mol. The van der Waals surface area contributed by atoms with Crippen molar-refractivity contribution in [3.05, 3.63) is 72.4 Å². The van der Waals surface area contributed by atoms with E-state index in [4.69, 9.17) is 16.5 Å². The molecule has 4 heteroatoms. The van der Waals surface area contributed by atoms with E-state index in [-0.39, 0.29) is 0 Å². The van der Waals surface area contributed by atoms with Crippen LogP contribution in [0.4, 0.5) is 0 Å². The Morgan fingerprint density at radius 3 is 2.04 bits per heavy atom. The summed E-state index contributed by atoms with van der Waals surface area (Å²) in [7, 11) is 0. The zero-order valence-electron chi connectivity index (χ0n) is 15.1. The lowest BCUT2D eigenvalue weighted by Gasteiger charge is -2.42. The first-order valence-corrected chi connectivity index (χ1v) is 12.4. The SMILES string of the molecule is S=P(c1ccccc1)(c1ccccc1)C1CCCC=C1N1CCOCC1. The minimum atomic E-state index is -1.94. The quantitative estimate of drug-likeness (QED) is 0.744. The molecule has 2 nitrogen and oxygen atoms in total. The normalized spacial score (nSPS) is 21.3. The maximum atomic E-state index is 6.61. The van der Waals surface area contributed by atoms with Gasteiger partial charge >= 0.3 is 0 Å². The molecule has 26 heavy (non-hydrogen) atoms. The summed E-state index contributed by atoms with van der Waals surface area (Å²) in [5.41, 5.74) is 1.91. The molecule has 0 bridgehead atoms. The maximum absolute atomic E-state index is 6.61. The number of morpholine rings is 1. The summed E-state index contributed by atoms with van der Waals surface area (Å²) in [5, 5.41) is 2.68. The minimum Gasteiger partial charge on any atom is -0.378 e. The second-order valence-corrected chi connectivity index (χ2v) is 11.7.